The van der Waals surface area contributed by atoms with Crippen LogP contribution in [0.3, 0.4) is 0 Å². The minimum Gasteiger partial charge on any atom is -0.450 e. The molecule has 0 unspecified atom stereocenters. The summed E-state index contributed by atoms with van der Waals surface area (Å²) in [4.78, 5) is 23.6. The molecule has 0 spiro atoms. The van der Waals surface area contributed by atoms with Crippen LogP contribution >= 0.6 is 0 Å². The van der Waals surface area contributed by atoms with Gasteiger partial charge in [0.1, 0.15) is 5.82 Å². The van der Waals surface area contributed by atoms with Crippen molar-refractivity contribution in [2.45, 2.75) is 13.8 Å². The fraction of sp³-hybridized carbons (Fsp3) is 0.286. The number of anilines is 1. The van der Waals surface area contributed by atoms with E-state index >= 15 is 0 Å². The summed E-state index contributed by atoms with van der Waals surface area (Å²) in [7, 11) is 0. The molecule has 2 rings (SSSR count). The van der Waals surface area contributed by atoms with Crippen molar-refractivity contribution in [3.63, 3.8) is 0 Å². The largest absolute Gasteiger partial charge is 0.450 e. The number of ether oxygens (including phenoxy) is 2. The number of aromatic nitrogens is 1. The molecule has 0 saturated heterocycles. The maximum Gasteiger partial charge on any atom is 0.420 e. The Hall–Kier alpha value is -2.50. The van der Waals surface area contributed by atoms with E-state index in [-0.39, 0.29) is 13.2 Å². The topological polar surface area (TPSA) is 69.6 Å². The Kier molecular flexibility index (Phi) is 4.24. The third-order valence-corrected chi connectivity index (χ3v) is 2.67. The molecule has 1 amide bonds. The van der Waals surface area contributed by atoms with Crippen LogP contribution in [-0.2, 0) is 9.47 Å². The van der Waals surface area contributed by atoms with Crippen LogP contribution in [-0.4, -0.2) is 30.0 Å². The van der Waals surface area contributed by atoms with E-state index in [9.17, 15) is 9.59 Å². The standard InChI is InChI=1S/C14H16N2O4/c1-3-19-13(17)15-12-9-10-7-5-6-8-11(10)16(12)14(18)20-4-2/h5-9H,3-4H2,1-2H3,(H,15,17). The molecule has 106 valence electrons. The van der Waals surface area contributed by atoms with E-state index in [1.54, 1.807) is 26.0 Å². The van der Waals surface area contributed by atoms with Crippen molar-refractivity contribution in [3.05, 3.63) is 30.3 Å². The van der Waals surface area contributed by atoms with Crippen molar-refractivity contribution < 1.29 is 19.1 Å². The van der Waals surface area contributed by atoms with E-state index in [2.05, 4.69) is 5.32 Å². The minimum atomic E-state index is -0.610. The molecule has 0 bridgehead atoms. The number of amides is 1. The molecule has 0 aliphatic heterocycles. The van der Waals surface area contributed by atoms with Crippen molar-refractivity contribution in [2.24, 2.45) is 0 Å². The van der Waals surface area contributed by atoms with Gasteiger partial charge >= 0.3 is 12.2 Å². The molecule has 6 nitrogen and oxygen atoms in total. The molecule has 0 radical (unpaired) electrons. The minimum absolute atomic E-state index is 0.254. The molecule has 20 heavy (non-hydrogen) atoms. The second-order valence-electron chi connectivity index (χ2n) is 3.97. The highest BCUT2D eigenvalue weighted by molar-refractivity contribution is 5.98. The third-order valence-electron chi connectivity index (χ3n) is 2.67. The van der Waals surface area contributed by atoms with Crippen LogP contribution < -0.4 is 5.32 Å². The van der Waals surface area contributed by atoms with Gasteiger partial charge in [-0.1, -0.05) is 18.2 Å². The van der Waals surface area contributed by atoms with Crippen molar-refractivity contribution in [3.8, 4) is 0 Å². The predicted molar refractivity (Wildman–Crippen MR) is 75.0 cm³/mol. The number of fused-ring (bicyclic) bond motifs is 1. The summed E-state index contributed by atoms with van der Waals surface area (Å²) in [5.74, 6) is 0.322. The van der Waals surface area contributed by atoms with Crippen molar-refractivity contribution >= 4 is 28.9 Å². The molecule has 0 saturated carbocycles. The van der Waals surface area contributed by atoms with Crippen LogP contribution in [0.5, 0.6) is 0 Å². The molecule has 2 aromatic rings. The third kappa shape index (κ3) is 2.74. The molecule has 1 aromatic heterocycles. The predicted octanol–water partition coefficient (Wildman–Crippen LogP) is 3.21. The molecule has 6 heteroatoms. The Bertz CT molecular complexity index is 633. The highest BCUT2D eigenvalue weighted by Crippen LogP contribution is 2.24. The zero-order valence-corrected chi connectivity index (χ0v) is 11.4. The van der Waals surface area contributed by atoms with Crippen LogP contribution in [0.2, 0.25) is 0 Å². The lowest BCUT2D eigenvalue weighted by atomic mass is 10.2. The van der Waals surface area contributed by atoms with Gasteiger partial charge in [0.2, 0.25) is 0 Å². The van der Waals surface area contributed by atoms with E-state index in [1.807, 2.05) is 18.2 Å². The maximum absolute atomic E-state index is 12.0. The zero-order valence-electron chi connectivity index (χ0n) is 11.4. The fourth-order valence-electron chi connectivity index (χ4n) is 1.90. The van der Waals surface area contributed by atoms with Gasteiger partial charge in [-0.15, -0.1) is 0 Å². The summed E-state index contributed by atoms with van der Waals surface area (Å²) in [6.07, 6.45) is -1.15. The van der Waals surface area contributed by atoms with Crippen LogP contribution in [0.4, 0.5) is 15.4 Å². The summed E-state index contributed by atoms with van der Waals surface area (Å²) in [5.41, 5.74) is 0.665. The Labute approximate surface area is 116 Å². The quantitative estimate of drug-likeness (QED) is 0.934. The molecule has 1 N–H and O–H groups in total. The number of benzene rings is 1. The molecule has 0 aliphatic rings. The number of nitrogens with one attached hydrogen (secondary N) is 1. The lowest BCUT2D eigenvalue weighted by molar-refractivity contribution is 0.155. The molecule has 0 aliphatic carbocycles. The van der Waals surface area contributed by atoms with Gasteiger partial charge < -0.3 is 9.47 Å². The number of rotatable bonds is 3. The first-order chi connectivity index (χ1) is 9.67. The smallest absolute Gasteiger partial charge is 0.420 e. The summed E-state index contributed by atoms with van der Waals surface area (Å²) in [6.45, 7) is 3.94. The average molecular weight is 276 g/mol. The summed E-state index contributed by atoms with van der Waals surface area (Å²) < 4.78 is 11.1. The van der Waals surface area contributed by atoms with E-state index in [0.717, 1.165) is 5.39 Å². The van der Waals surface area contributed by atoms with Gasteiger partial charge in [-0.3, -0.25) is 5.32 Å². The molecule has 0 atom stereocenters. The van der Waals surface area contributed by atoms with Crippen LogP contribution in [0.15, 0.2) is 30.3 Å². The van der Waals surface area contributed by atoms with Gasteiger partial charge in [0.05, 0.1) is 18.7 Å². The molecular weight excluding hydrogens is 260 g/mol. The number of hydrogen-bond acceptors (Lipinski definition) is 4. The molecule has 1 aromatic carbocycles. The van der Waals surface area contributed by atoms with E-state index in [4.69, 9.17) is 9.47 Å². The Morgan fingerprint density at radius 2 is 1.85 bits per heavy atom. The maximum atomic E-state index is 12.0. The monoisotopic (exact) mass is 276 g/mol. The van der Waals surface area contributed by atoms with Crippen molar-refractivity contribution in [2.75, 3.05) is 18.5 Å². The number of hydrogen-bond donors (Lipinski definition) is 1. The van der Waals surface area contributed by atoms with E-state index in [1.165, 1.54) is 4.57 Å². The van der Waals surface area contributed by atoms with E-state index in [0.29, 0.717) is 11.3 Å². The zero-order chi connectivity index (χ0) is 14.5. The summed E-state index contributed by atoms with van der Waals surface area (Å²) in [6, 6.07) is 8.99. The van der Waals surface area contributed by atoms with Crippen molar-refractivity contribution in [1.82, 2.24) is 4.57 Å². The summed E-state index contributed by atoms with van der Waals surface area (Å²) in [5, 5.41) is 3.37. The number of carbonyl (C=O) groups is 2. The van der Waals surface area contributed by atoms with Crippen LogP contribution in [0.25, 0.3) is 10.9 Å². The van der Waals surface area contributed by atoms with Crippen molar-refractivity contribution in [1.29, 1.82) is 0 Å². The Morgan fingerprint density at radius 3 is 2.55 bits per heavy atom. The second kappa shape index (κ2) is 6.10. The van der Waals surface area contributed by atoms with Gasteiger partial charge in [0, 0.05) is 5.39 Å². The lowest BCUT2D eigenvalue weighted by Gasteiger charge is -2.09. The van der Waals surface area contributed by atoms with E-state index < -0.39 is 12.2 Å². The first kappa shape index (κ1) is 13.9. The van der Waals surface area contributed by atoms with Crippen LogP contribution in [0, 0.1) is 0 Å². The molecule has 0 fully saturated rings. The van der Waals surface area contributed by atoms with Gasteiger partial charge in [0.25, 0.3) is 0 Å². The van der Waals surface area contributed by atoms with Crippen LogP contribution in [0.1, 0.15) is 13.8 Å². The SMILES string of the molecule is CCOC(=O)Nc1cc2ccccc2n1C(=O)OCC. The molecule has 1 heterocycles. The van der Waals surface area contributed by atoms with Gasteiger partial charge in [-0.25, -0.2) is 14.2 Å². The average Bonchev–Trinajstić information content (AvgIpc) is 2.76. The highest BCUT2D eigenvalue weighted by Gasteiger charge is 2.17. The van der Waals surface area contributed by atoms with Gasteiger partial charge in [0.15, 0.2) is 0 Å². The summed E-state index contributed by atoms with van der Waals surface area (Å²) >= 11 is 0. The number of para-hydroxylation sites is 1. The first-order valence-corrected chi connectivity index (χ1v) is 6.38. The van der Waals surface area contributed by atoms with Gasteiger partial charge in [-0.2, -0.15) is 0 Å². The first-order valence-electron chi connectivity index (χ1n) is 6.38. The number of carbonyl (C=O) groups excluding carboxylic acids is 2. The second-order valence-corrected chi connectivity index (χ2v) is 3.97. The molecular formula is C14H16N2O4. The lowest BCUT2D eigenvalue weighted by Crippen LogP contribution is -2.20. The Morgan fingerprint density at radius 1 is 1.15 bits per heavy atom. The van der Waals surface area contributed by atoms with Gasteiger partial charge in [-0.05, 0) is 26.0 Å². The normalized spacial score (nSPS) is 10.3. The fourth-order valence-corrected chi connectivity index (χ4v) is 1.90. The number of nitrogens with zero attached hydrogens (tertiary/aromatic N) is 1. The Balaban J connectivity index is 2.44. The highest BCUT2D eigenvalue weighted by atomic mass is 16.6.